The first-order chi connectivity index (χ1) is 7.02. The summed E-state index contributed by atoms with van der Waals surface area (Å²) in [5.41, 5.74) is 3.00. The van der Waals surface area contributed by atoms with E-state index in [0.29, 0.717) is 5.82 Å². The van der Waals surface area contributed by atoms with E-state index < -0.39 is 5.97 Å². The van der Waals surface area contributed by atoms with Crippen molar-refractivity contribution < 1.29 is 9.90 Å². The van der Waals surface area contributed by atoms with Crippen molar-refractivity contribution in [1.82, 2.24) is 4.98 Å². The Kier molecular flexibility index (Phi) is 3.29. The topological polar surface area (TPSA) is 62.2 Å². The molecule has 15 heavy (non-hydrogen) atoms. The molecule has 0 amide bonds. The Morgan fingerprint density at radius 3 is 2.47 bits per heavy atom. The molecule has 0 unspecified atom stereocenters. The Morgan fingerprint density at radius 2 is 2.07 bits per heavy atom. The van der Waals surface area contributed by atoms with Crippen molar-refractivity contribution in [3.05, 3.63) is 22.4 Å². The summed E-state index contributed by atoms with van der Waals surface area (Å²) in [5.74, 6) is -0.492. The van der Waals surface area contributed by atoms with Gasteiger partial charge in [-0.1, -0.05) is 6.92 Å². The molecule has 1 heterocycles. The van der Waals surface area contributed by atoms with Crippen molar-refractivity contribution in [3.63, 3.8) is 0 Å². The molecule has 0 aliphatic rings. The summed E-state index contributed by atoms with van der Waals surface area (Å²) >= 11 is 0. The molecule has 0 fully saturated rings. The number of nitrogens with zero attached hydrogens (tertiary/aromatic N) is 1. The molecular formula is C11H16N2O2. The molecule has 0 aromatic carbocycles. The first-order valence-corrected chi connectivity index (χ1v) is 4.94. The standard InChI is InChI=1S/C11H16N2O2/c1-5-8-6(2)9(11(14)15)10(12-4)13-7(8)3/h5H2,1-4H3,(H,12,13)(H,14,15). The van der Waals surface area contributed by atoms with Gasteiger partial charge in [0.25, 0.3) is 0 Å². The van der Waals surface area contributed by atoms with Crippen molar-refractivity contribution in [2.45, 2.75) is 27.2 Å². The molecule has 4 heteroatoms. The summed E-state index contributed by atoms with van der Waals surface area (Å²) in [7, 11) is 1.68. The van der Waals surface area contributed by atoms with Crippen molar-refractivity contribution in [1.29, 1.82) is 0 Å². The van der Waals surface area contributed by atoms with Crippen molar-refractivity contribution in [3.8, 4) is 0 Å². The number of hydrogen-bond acceptors (Lipinski definition) is 3. The van der Waals surface area contributed by atoms with Crippen LogP contribution in [0.5, 0.6) is 0 Å². The highest BCUT2D eigenvalue weighted by Crippen LogP contribution is 2.23. The molecule has 1 rings (SSSR count). The lowest BCUT2D eigenvalue weighted by atomic mass is 10.00. The molecule has 0 spiro atoms. The van der Waals surface area contributed by atoms with Gasteiger partial charge in [-0.15, -0.1) is 0 Å². The van der Waals surface area contributed by atoms with Crippen LogP contribution in [-0.4, -0.2) is 23.1 Å². The second-order valence-electron chi connectivity index (χ2n) is 3.43. The summed E-state index contributed by atoms with van der Waals surface area (Å²) in [4.78, 5) is 15.4. The lowest BCUT2D eigenvalue weighted by molar-refractivity contribution is 0.0696. The number of pyridine rings is 1. The Hall–Kier alpha value is -1.58. The van der Waals surface area contributed by atoms with E-state index in [1.54, 1.807) is 7.05 Å². The Balaban J connectivity index is 3.53. The van der Waals surface area contributed by atoms with Crippen LogP contribution in [0.15, 0.2) is 0 Å². The van der Waals surface area contributed by atoms with E-state index in [9.17, 15) is 4.79 Å². The molecule has 1 aromatic rings. The number of nitrogens with one attached hydrogen (secondary N) is 1. The predicted octanol–water partition coefficient (Wildman–Crippen LogP) is 2.00. The van der Waals surface area contributed by atoms with Gasteiger partial charge >= 0.3 is 5.97 Å². The van der Waals surface area contributed by atoms with Crippen LogP contribution < -0.4 is 5.32 Å². The first kappa shape index (κ1) is 11.5. The van der Waals surface area contributed by atoms with Gasteiger partial charge < -0.3 is 10.4 Å². The molecule has 0 aliphatic carbocycles. The van der Waals surface area contributed by atoms with Crippen LogP contribution in [0.2, 0.25) is 0 Å². The fourth-order valence-corrected chi connectivity index (χ4v) is 1.85. The number of carboxylic acid groups (broad SMARTS) is 1. The third kappa shape index (κ3) is 1.93. The molecule has 1 aromatic heterocycles. The van der Waals surface area contributed by atoms with Gasteiger partial charge in [0.15, 0.2) is 0 Å². The highest BCUT2D eigenvalue weighted by molar-refractivity contribution is 5.95. The summed E-state index contributed by atoms with van der Waals surface area (Å²) in [6.45, 7) is 5.73. The molecule has 0 saturated carbocycles. The quantitative estimate of drug-likeness (QED) is 0.797. The average Bonchev–Trinajstić information content (AvgIpc) is 2.16. The minimum atomic E-state index is -0.931. The van der Waals surface area contributed by atoms with Gasteiger partial charge in [-0.2, -0.15) is 0 Å². The Labute approximate surface area is 89.3 Å². The number of carbonyl (C=O) groups is 1. The molecule has 0 radical (unpaired) electrons. The van der Waals surface area contributed by atoms with Crippen LogP contribution in [0.25, 0.3) is 0 Å². The summed E-state index contributed by atoms with van der Waals surface area (Å²) in [6, 6.07) is 0. The highest BCUT2D eigenvalue weighted by atomic mass is 16.4. The summed E-state index contributed by atoms with van der Waals surface area (Å²) < 4.78 is 0. The largest absolute Gasteiger partial charge is 0.478 e. The second kappa shape index (κ2) is 4.29. The first-order valence-electron chi connectivity index (χ1n) is 4.94. The number of hydrogen-bond donors (Lipinski definition) is 2. The number of aryl methyl sites for hydroxylation is 1. The summed E-state index contributed by atoms with van der Waals surface area (Å²) in [5, 5.41) is 11.9. The van der Waals surface area contributed by atoms with Crippen molar-refractivity contribution >= 4 is 11.8 Å². The fourth-order valence-electron chi connectivity index (χ4n) is 1.85. The minimum absolute atomic E-state index is 0.278. The molecule has 2 N–H and O–H groups in total. The zero-order valence-corrected chi connectivity index (χ0v) is 9.51. The molecule has 0 aliphatic heterocycles. The van der Waals surface area contributed by atoms with Gasteiger partial charge in [-0.25, -0.2) is 9.78 Å². The van der Waals surface area contributed by atoms with Gasteiger partial charge in [0.05, 0.1) is 0 Å². The van der Waals surface area contributed by atoms with Crippen LogP contribution in [0.1, 0.15) is 34.1 Å². The van der Waals surface area contributed by atoms with E-state index in [4.69, 9.17) is 5.11 Å². The highest BCUT2D eigenvalue weighted by Gasteiger charge is 2.18. The molecule has 0 bridgehead atoms. The van der Waals surface area contributed by atoms with Crippen molar-refractivity contribution in [2.75, 3.05) is 12.4 Å². The lowest BCUT2D eigenvalue weighted by Gasteiger charge is -2.13. The molecule has 82 valence electrons. The Morgan fingerprint density at radius 1 is 1.47 bits per heavy atom. The maximum Gasteiger partial charge on any atom is 0.339 e. The Bertz CT molecular complexity index is 400. The molecule has 4 nitrogen and oxygen atoms in total. The smallest absolute Gasteiger partial charge is 0.339 e. The van der Waals surface area contributed by atoms with E-state index in [-0.39, 0.29) is 5.56 Å². The zero-order valence-electron chi connectivity index (χ0n) is 9.51. The van der Waals surface area contributed by atoms with E-state index in [0.717, 1.165) is 23.2 Å². The van der Waals surface area contributed by atoms with Gasteiger partial charge in [-0.3, -0.25) is 0 Å². The lowest BCUT2D eigenvalue weighted by Crippen LogP contribution is -2.11. The maximum atomic E-state index is 11.1. The third-order valence-corrected chi connectivity index (χ3v) is 2.58. The average molecular weight is 208 g/mol. The van der Waals surface area contributed by atoms with E-state index >= 15 is 0 Å². The third-order valence-electron chi connectivity index (χ3n) is 2.58. The van der Waals surface area contributed by atoms with Crippen LogP contribution in [-0.2, 0) is 6.42 Å². The van der Waals surface area contributed by atoms with Crippen LogP contribution in [0, 0.1) is 13.8 Å². The number of aromatic nitrogens is 1. The van der Waals surface area contributed by atoms with E-state index in [1.165, 1.54) is 0 Å². The normalized spacial score (nSPS) is 10.1. The van der Waals surface area contributed by atoms with Gasteiger partial charge in [-0.05, 0) is 31.4 Å². The van der Waals surface area contributed by atoms with Gasteiger partial charge in [0.2, 0.25) is 0 Å². The number of rotatable bonds is 3. The van der Waals surface area contributed by atoms with Crippen molar-refractivity contribution in [2.24, 2.45) is 0 Å². The molecule has 0 atom stereocenters. The van der Waals surface area contributed by atoms with Crippen LogP contribution >= 0.6 is 0 Å². The van der Waals surface area contributed by atoms with Crippen LogP contribution in [0.4, 0.5) is 5.82 Å². The second-order valence-corrected chi connectivity index (χ2v) is 3.43. The SMILES string of the molecule is CCc1c(C)nc(NC)c(C(=O)O)c1C. The zero-order chi connectivity index (χ0) is 11.6. The molecule has 0 saturated heterocycles. The minimum Gasteiger partial charge on any atom is -0.478 e. The number of carboxylic acids is 1. The predicted molar refractivity (Wildman–Crippen MR) is 59.6 cm³/mol. The number of anilines is 1. The van der Waals surface area contributed by atoms with Crippen LogP contribution in [0.3, 0.4) is 0 Å². The van der Waals surface area contributed by atoms with Gasteiger partial charge in [0.1, 0.15) is 11.4 Å². The monoisotopic (exact) mass is 208 g/mol. The number of aromatic carboxylic acids is 1. The van der Waals surface area contributed by atoms with E-state index in [2.05, 4.69) is 10.3 Å². The maximum absolute atomic E-state index is 11.1. The van der Waals surface area contributed by atoms with E-state index in [1.807, 2.05) is 20.8 Å². The fraction of sp³-hybridized carbons (Fsp3) is 0.455. The molecular weight excluding hydrogens is 192 g/mol. The summed E-state index contributed by atoms with van der Waals surface area (Å²) in [6.07, 6.45) is 0.801. The van der Waals surface area contributed by atoms with Gasteiger partial charge in [0, 0.05) is 12.7 Å².